The van der Waals surface area contributed by atoms with Gasteiger partial charge in [-0.25, -0.2) is 0 Å². The van der Waals surface area contributed by atoms with E-state index in [9.17, 15) is 0 Å². The minimum atomic E-state index is 0.861. The van der Waals surface area contributed by atoms with Crippen LogP contribution in [0.25, 0.3) is 0 Å². The van der Waals surface area contributed by atoms with Crippen molar-refractivity contribution in [2.75, 3.05) is 6.54 Å². The Balaban J connectivity index is 1.59. The molecule has 14 heavy (non-hydrogen) atoms. The molecule has 0 amide bonds. The number of rotatable bonds is 5. The van der Waals surface area contributed by atoms with E-state index in [0.29, 0.717) is 0 Å². The van der Waals surface area contributed by atoms with Gasteiger partial charge in [0.2, 0.25) is 0 Å². The number of hydrogen-bond acceptors (Lipinski definition) is 1. The van der Waals surface area contributed by atoms with Crippen LogP contribution in [0.1, 0.15) is 58.3 Å². The van der Waals surface area contributed by atoms with Gasteiger partial charge in [0.15, 0.2) is 0 Å². The maximum atomic E-state index is 3.78. The molecule has 2 atom stereocenters. The number of nitrogens with one attached hydrogen (secondary N) is 1. The summed E-state index contributed by atoms with van der Waals surface area (Å²) >= 11 is 0. The van der Waals surface area contributed by atoms with Gasteiger partial charge >= 0.3 is 0 Å². The highest BCUT2D eigenvalue weighted by Gasteiger charge is 2.25. The van der Waals surface area contributed by atoms with Crippen molar-refractivity contribution in [3.63, 3.8) is 0 Å². The Bertz CT molecular complexity index is 163. The van der Waals surface area contributed by atoms with Gasteiger partial charge in [-0.15, -0.1) is 0 Å². The first-order chi connectivity index (χ1) is 6.90. The second-order valence-corrected chi connectivity index (χ2v) is 5.25. The van der Waals surface area contributed by atoms with Gasteiger partial charge in [-0.3, -0.25) is 0 Å². The molecule has 0 aliphatic heterocycles. The Hall–Kier alpha value is -0.0400. The third-order valence-electron chi connectivity index (χ3n) is 4.37. The van der Waals surface area contributed by atoms with Crippen molar-refractivity contribution in [2.45, 2.75) is 64.3 Å². The van der Waals surface area contributed by atoms with Crippen LogP contribution in [0.5, 0.6) is 0 Å². The maximum Gasteiger partial charge on any atom is 0.00952 e. The minimum absolute atomic E-state index is 0.861. The lowest BCUT2D eigenvalue weighted by Gasteiger charge is -2.27. The molecule has 1 heteroatoms. The summed E-state index contributed by atoms with van der Waals surface area (Å²) in [7, 11) is 0. The molecule has 0 heterocycles. The van der Waals surface area contributed by atoms with E-state index in [4.69, 9.17) is 0 Å². The zero-order chi connectivity index (χ0) is 9.80. The van der Waals surface area contributed by atoms with E-state index in [1.807, 2.05) is 0 Å². The van der Waals surface area contributed by atoms with E-state index in [1.54, 1.807) is 0 Å². The molecule has 0 spiro atoms. The molecule has 0 bridgehead atoms. The van der Waals surface area contributed by atoms with Crippen molar-refractivity contribution in [2.24, 2.45) is 11.8 Å². The Morgan fingerprint density at radius 1 is 1.07 bits per heavy atom. The summed E-state index contributed by atoms with van der Waals surface area (Å²) in [6, 6.07) is 0.861. The highest BCUT2D eigenvalue weighted by Crippen LogP contribution is 2.30. The van der Waals surface area contributed by atoms with Crippen molar-refractivity contribution in [1.82, 2.24) is 5.32 Å². The van der Waals surface area contributed by atoms with E-state index < -0.39 is 0 Å². The smallest absolute Gasteiger partial charge is 0.00952 e. The van der Waals surface area contributed by atoms with E-state index in [2.05, 4.69) is 12.2 Å². The van der Waals surface area contributed by atoms with Crippen LogP contribution in [-0.4, -0.2) is 12.6 Å². The molecule has 2 aliphatic carbocycles. The fraction of sp³-hybridized carbons (Fsp3) is 1.00. The molecule has 1 nitrogen and oxygen atoms in total. The fourth-order valence-electron chi connectivity index (χ4n) is 3.05. The fourth-order valence-corrected chi connectivity index (χ4v) is 3.05. The average molecular weight is 195 g/mol. The van der Waals surface area contributed by atoms with Gasteiger partial charge in [-0.1, -0.05) is 39.0 Å². The first-order valence-corrected chi connectivity index (χ1v) is 6.63. The molecule has 0 aromatic heterocycles. The second-order valence-electron chi connectivity index (χ2n) is 5.25. The van der Waals surface area contributed by atoms with Gasteiger partial charge in [0, 0.05) is 6.04 Å². The molecular weight excluding hydrogens is 170 g/mol. The standard InChI is InChI=1S/C13H25N/c1-2-12-7-4-8-13(12)14-10-9-11-5-3-6-11/h11-14H,2-10H2,1H3. The van der Waals surface area contributed by atoms with E-state index in [1.165, 1.54) is 57.9 Å². The maximum absolute atomic E-state index is 3.78. The molecule has 0 aromatic carbocycles. The lowest BCUT2D eigenvalue weighted by Crippen LogP contribution is -2.34. The normalized spacial score (nSPS) is 33.2. The van der Waals surface area contributed by atoms with Crippen LogP contribution in [0.4, 0.5) is 0 Å². The highest BCUT2D eigenvalue weighted by atomic mass is 14.9. The molecule has 0 saturated heterocycles. The van der Waals surface area contributed by atoms with Gasteiger partial charge in [0.05, 0.1) is 0 Å². The van der Waals surface area contributed by atoms with Gasteiger partial charge in [0.1, 0.15) is 0 Å². The molecule has 0 aromatic rings. The predicted octanol–water partition coefficient (Wildman–Crippen LogP) is 3.34. The SMILES string of the molecule is CCC1CCCC1NCCC1CCC1. The van der Waals surface area contributed by atoms with Crippen LogP contribution in [0.3, 0.4) is 0 Å². The van der Waals surface area contributed by atoms with Crippen LogP contribution in [-0.2, 0) is 0 Å². The van der Waals surface area contributed by atoms with Gasteiger partial charge in [-0.05, 0) is 37.6 Å². The zero-order valence-corrected chi connectivity index (χ0v) is 9.60. The molecule has 2 saturated carbocycles. The summed E-state index contributed by atoms with van der Waals surface area (Å²) < 4.78 is 0. The Morgan fingerprint density at radius 3 is 2.50 bits per heavy atom. The highest BCUT2D eigenvalue weighted by molar-refractivity contribution is 4.82. The monoisotopic (exact) mass is 195 g/mol. The topological polar surface area (TPSA) is 12.0 Å². The van der Waals surface area contributed by atoms with Crippen molar-refractivity contribution in [3.8, 4) is 0 Å². The van der Waals surface area contributed by atoms with Gasteiger partial charge < -0.3 is 5.32 Å². The van der Waals surface area contributed by atoms with E-state index in [0.717, 1.165) is 17.9 Å². The quantitative estimate of drug-likeness (QED) is 0.709. The van der Waals surface area contributed by atoms with E-state index >= 15 is 0 Å². The number of hydrogen-bond donors (Lipinski definition) is 1. The van der Waals surface area contributed by atoms with Crippen LogP contribution in [0.15, 0.2) is 0 Å². The summed E-state index contributed by atoms with van der Waals surface area (Å²) in [5.74, 6) is 2.06. The molecule has 1 N–H and O–H groups in total. The lowest BCUT2D eigenvalue weighted by molar-refractivity contribution is 0.280. The Kier molecular flexibility index (Phi) is 3.86. The molecule has 2 aliphatic rings. The molecule has 2 unspecified atom stereocenters. The van der Waals surface area contributed by atoms with Crippen LogP contribution < -0.4 is 5.32 Å². The lowest BCUT2D eigenvalue weighted by atomic mass is 9.83. The predicted molar refractivity (Wildman–Crippen MR) is 61.4 cm³/mol. The zero-order valence-electron chi connectivity index (χ0n) is 9.60. The van der Waals surface area contributed by atoms with Crippen LogP contribution in [0.2, 0.25) is 0 Å². The summed E-state index contributed by atoms with van der Waals surface area (Å²) in [6.45, 7) is 3.63. The molecule has 0 radical (unpaired) electrons. The van der Waals surface area contributed by atoms with E-state index in [-0.39, 0.29) is 0 Å². The largest absolute Gasteiger partial charge is 0.314 e. The Labute approximate surface area is 88.7 Å². The molecule has 82 valence electrons. The molecular formula is C13H25N. The first kappa shape index (κ1) is 10.5. The minimum Gasteiger partial charge on any atom is -0.314 e. The average Bonchev–Trinajstić information content (AvgIpc) is 2.56. The van der Waals surface area contributed by atoms with Crippen molar-refractivity contribution in [3.05, 3.63) is 0 Å². The summed E-state index contributed by atoms with van der Waals surface area (Å²) in [5, 5.41) is 3.78. The first-order valence-electron chi connectivity index (χ1n) is 6.63. The van der Waals surface area contributed by atoms with Crippen molar-refractivity contribution in [1.29, 1.82) is 0 Å². The summed E-state index contributed by atoms with van der Waals surface area (Å²) in [4.78, 5) is 0. The van der Waals surface area contributed by atoms with Crippen molar-refractivity contribution >= 4 is 0 Å². The third kappa shape index (κ3) is 2.50. The van der Waals surface area contributed by atoms with Crippen LogP contribution >= 0.6 is 0 Å². The second kappa shape index (κ2) is 5.16. The van der Waals surface area contributed by atoms with Crippen LogP contribution in [0, 0.1) is 11.8 Å². The molecule has 2 rings (SSSR count). The molecule has 2 fully saturated rings. The Morgan fingerprint density at radius 2 is 1.86 bits per heavy atom. The summed E-state index contributed by atoms with van der Waals surface area (Å²) in [5.41, 5.74) is 0. The summed E-state index contributed by atoms with van der Waals surface area (Å²) in [6.07, 6.45) is 11.7. The van der Waals surface area contributed by atoms with Crippen molar-refractivity contribution < 1.29 is 0 Å². The van der Waals surface area contributed by atoms with Gasteiger partial charge in [0.25, 0.3) is 0 Å². The van der Waals surface area contributed by atoms with Gasteiger partial charge in [-0.2, -0.15) is 0 Å². The third-order valence-corrected chi connectivity index (χ3v) is 4.37.